The van der Waals surface area contributed by atoms with Gasteiger partial charge in [-0.05, 0) is 25.5 Å². The zero-order chi connectivity index (χ0) is 16.4. The van der Waals surface area contributed by atoms with E-state index in [0.717, 1.165) is 19.5 Å². The molecule has 1 aromatic rings. The smallest absolute Gasteiger partial charge is 0.387 e. The van der Waals surface area contributed by atoms with Crippen LogP contribution in [0.3, 0.4) is 0 Å². The molecule has 0 radical (unpaired) electrons. The number of halogens is 2. The maximum Gasteiger partial charge on any atom is 0.387 e. The number of ether oxygens (including phenoxy) is 2. The molecule has 0 saturated carbocycles. The lowest BCUT2D eigenvalue weighted by molar-refractivity contribution is -0.0505. The molecule has 0 spiro atoms. The fraction of sp³-hybridized carbons (Fsp3) is 0.533. The molecule has 0 bridgehead atoms. The molecule has 1 rings (SSSR count). The van der Waals surface area contributed by atoms with E-state index in [4.69, 9.17) is 4.74 Å². The van der Waals surface area contributed by atoms with Crippen LogP contribution in [-0.2, 0) is 6.54 Å². The third-order valence-electron chi connectivity index (χ3n) is 2.78. The van der Waals surface area contributed by atoms with Crippen LogP contribution in [0.25, 0.3) is 0 Å². The number of methoxy groups -OCH3 is 1. The average molecular weight is 315 g/mol. The molecule has 0 amide bonds. The van der Waals surface area contributed by atoms with Crippen molar-refractivity contribution in [3.63, 3.8) is 0 Å². The summed E-state index contributed by atoms with van der Waals surface area (Å²) in [5.41, 5.74) is 0.565. The molecule has 0 atom stereocenters. The van der Waals surface area contributed by atoms with Gasteiger partial charge in [0.05, 0.1) is 13.7 Å². The highest BCUT2D eigenvalue weighted by atomic mass is 19.3. The summed E-state index contributed by atoms with van der Waals surface area (Å²) in [6, 6.07) is 4.79. The molecule has 1 aromatic carbocycles. The molecule has 0 heterocycles. The minimum absolute atomic E-state index is 0.0736. The fourth-order valence-electron chi connectivity index (χ4n) is 1.75. The van der Waals surface area contributed by atoms with Gasteiger partial charge in [-0.1, -0.05) is 6.92 Å². The van der Waals surface area contributed by atoms with Crippen molar-refractivity contribution in [2.24, 2.45) is 4.99 Å². The van der Waals surface area contributed by atoms with Gasteiger partial charge in [0.25, 0.3) is 0 Å². The lowest BCUT2D eigenvalue weighted by atomic mass is 10.2. The topological polar surface area (TPSA) is 54.9 Å². The SMILES string of the molecule is CCCNC(=NCc1ccc(OC)cc1OC(F)F)NCC. The number of hydrogen-bond donors (Lipinski definition) is 2. The minimum atomic E-state index is -2.89. The fourth-order valence-corrected chi connectivity index (χ4v) is 1.75. The standard InChI is InChI=1S/C15H23F2N3O2/c1-4-8-19-15(18-5-2)20-10-11-6-7-12(21-3)9-13(11)22-14(16)17/h6-7,9,14H,4-5,8,10H2,1-3H3,(H2,18,19,20). The van der Waals surface area contributed by atoms with Crippen molar-refractivity contribution in [2.75, 3.05) is 20.2 Å². The number of guanidine groups is 1. The third kappa shape index (κ3) is 6.15. The second-order valence-electron chi connectivity index (χ2n) is 4.47. The second-order valence-corrected chi connectivity index (χ2v) is 4.47. The van der Waals surface area contributed by atoms with Crippen molar-refractivity contribution in [1.29, 1.82) is 0 Å². The third-order valence-corrected chi connectivity index (χ3v) is 2.78. The summed E-state index contributed by atoms with van der Waals surface area (Å²) in [5.74, 6) is 1.17. The van der Waals surface area contributed by atoms with Gasteiger partial charge in [0.2, 0.25) is 0 Å². The summed E-state index contributed by atoms with van der Waals surface area (Å²) in [6.07, 6.45) is 0.965. The molecular weight excluding hydrogens is 292 g/mol. The first-order chi connectivity index (χ1) is 10.6. The van der Waals surface area contributed by atoms with Crippen LogP contribution in [-0.4, -0.2) is 32.8 Å². The summed E-state index contributed by atoms with van der Waals surface area (Å²) in [6.45, 7) is 2.86. The van der Waals surface area contributed by atoms with E-state index in [1.807, 2.05) is 6.92 Å². The van der Waals surface area contributed by atoms with Crippen molar-refractivity contribution in [3.05, 3.63) is 23.8 Å². The Balaban J connectivity index is 2.89. The van der Waals surface area contributed by atoms with Gasteiger partial charge in [-0.3, -0.25) is 0 Å². The van der Waals surface area contributed by atoms with Crippen LogP contribution in [0.15, 0.2) is 23.2 Å². The van der Waals surface area contributed by atoms with E-state index >= 15 is 0 Å². The number of aliphatic imine (C=N–C) groups is 1. The largest absolute Gasteiger partial charge is 0.497 e. The van der Waals surface area contributed by atoms with Crippen molar-refractivity contribution < 1.29 is 18.3 Å². The summed E-state index contributed by atoms with van der Waals surface area (Å²) in [4.78, 5) is 4.37. The summed E-state index contributed by atoms with van der Waals surface area (Å²) in [7, 11) is 1.47. The predicted octanol–water partition coefficient (Wildman–Crippen LogP) is 2.76. The number of nitrogens with one attached hydrogen (secondary N) is 2. The van der Waals surface area contributed by atoms with Crippen molar-refractivity contribution in [1.82, 2.24) is 10.6 Å². The van der Waals surface area contributed by atoms with Gasteiger partial charge < -0.3 is 20.1 Å². The Hall–Kier alpha value is -2.05. The molecule has 5 nitrogen and oxygen atoms in total. The lowest BCUT2D eigenvalue weighted by Crippen LogP contribution is -2.37. The van der Waals surface area contributed by atoms with Crippen LogP contribution in [0.5, 0.6) is 11.5 Å². The van der Waals surface area contributed by atoms with Crippen LogP contribution in [0.1, 0.15) is 25.8 Å². The zero-order valence-corrected chi connectivity index (χ0v) is 13.2. The van der Waals surface area contributed by atoms with E-state index < -0.39 is 6.61 Å². The van der Waals surface area contributed by atoms with Crippen LogP contribution >= 0.6 is 0 Å². The Kier molecular flexibility index (Phi) is 8.03. The van der Waals surface area contributed by atoms with Gasteiger partial charge in [0, 0.05) is 24.7 Å². The molecule has 0 saturated heterocycles. The molecule has 0 aliphatic carbocycles. The van der Waals surface area contributed by atoms with E-state index in [-0.39, 0.29) is 12.3 Å². The highest BCUT2D eigenvalue weighted by Crippen LogP contribution is 2.27. The van der Waals surface area contributed by atoms with E-state index in [0.29, 0.717) is 17.3 Å². The number of rotatable bonds is 8. The molecule has 0 aromatic heterocycles. The highest BCUT2D eigenvalue weighted by Gasteiger charge is 2.11. The number of hydrogen-bond acceptors (Lipinski definition) is 3. The Morgan fingerprint density at radius 1 is 1.27 bits per heavy atom. The predicted molar refractivity (Wildman–Crippen MR) is 82.7 cm³/mol. The first-order valence-electron chi connectivity index (χ1n) is 7.24. The van der Waals surface area contributed by atoms with Gasteiger partial charge >= 0.3 is 6.61 Å². The van der Waals surface area contributed by atoms with E-state index in [1.54, 1.807) is 12.1 Å². The molecule has 0 unspecified atom stereocenters. The normalized spacial score (nSPS) is 11.5. The van der Waals surface area contributed by atoms with Gasteiger partial charge in [-0.15, -0.1) is 0 Å². The Morgan fingerprint density at radius 3 is 2.64 bits per heavy atom. The van der Waals surface area contributed by atoms with Gasteiger partial charge in [-0.25, -0.2) is 4.99 Å². The number of nitrogens with zero attached hydrogens (tertiary/aromatic N) is 1. The van der Waals surface area contributed by atoms with Crippen LogP contribution in [0, 0.1) is 0 Å². The van der Waals surface area contributed by atoms with Crippen molar-refractivity contribution in [2.45, 2.75) is 33.4 Å². The van der Waals surface area contributed by atoms with E-state index in [9.17, 15) is 8.78 Å². The van der Waals surface area contributed by atoms with Crippen molar-refractivity contribution >= 4 is 5.96 Å². The molecule has 22 heavy (non-hydrogen) atoms. The maximum atomic E-state index is 12.5. The minimum Gasteiger partial charge on any atom is -0.497 e. The Morgan fingerprint density at radius 2 is 2.05 bits per heavy atom. The molecular formula is C15H23F2N3O2. The molecule has 7 heteroatoms. The van der Waals surface area contributed by atoms with Crippen LogP contribution < -0.4 is 20.1 Å². The lowest BCUT2D eigenvalue weighted by Gasteiger charge is -2.13. The first-order valence-corrected chi connectivity index (χ1v) is 7.24. The molecule has 0 aliphatic heterocycles. The van der Waals surface area contributed by atoms with Gasteiger partial charge in [0.15, 0.2) is 5.96 Å². The number of benzene rings is 1. The molecule has 0 fully saturated rings. The Labute approximate surface area is 129 Å². The molecule has 2 N–H and O–H groups in total. The van der Waals surface area contributed by atoms with Crippen LogP contribution in [0.2, 0.25) is 0 Å². The maximum absolute atomic E-state index is 12.5. The van der Waals surface area contributed by atoms with E-state index in [2.05, 4.69) is 27.3 Å². The monoisotopic (exact) mass is 315 g/mol. The van der Waals surface area contributed by atoms with Gasteiger partial charge in [0.1, 0.15) is 11.5 Å². The number of alkyl halides is 2. The summed E-state index contributed by atoms with van der Waals surface area (Å²) >= 11 is 0. The van der Waals surface area contributed by atoms with Crippen LogP contribution in [0.4, 0.5) is 8.78 Å². The van der Waals surface area contributed by atoms with Crippen molar-refractivity contribution in [3.8, 4) is 11.5 Å². The summed E-state index contributed by atoms with van der Waals surface area (Å²) < 4.78 is 34.6. The van der Waals surface area contributed by atoms with E-state index in [1.165, 1.54) is 13.2 Å². The summed E-state index contributed by atoms with van der Waals surface area (Å²) in [5, 5.41) is 6.24. The Bertz CT molecular complexity index is 482. The van der Waals surface area contributed by atoms with Gasteiger partial charge in [-0.2, -0.15) is 8.78 Å². The average Bonchev–Trinajstić information content (AvgIpc) is 2.50. The second kappa shape index (κ2) is 9.81. The highest BCUT2D eigenvalue weighted by molar-refractivity contribution is 5.79. The molecule has 0 aliphatic rings. The molecule has 124 valence electrons. The quantitative estimate of drug-likeness (QED) is 0.572. The zero-order valence-electron chi connectivity index (χ0n) is 13.2. The first kappa shape index (κ1) is 18.0.